The quantitative estimate of drug-likeness (QED) is 0.660. The van der Waals surface area contributed by atoms with Gasteiger partial charge in [0, 0.05) is 17.8 Å². The van der Waals surface area contributed by atoms with Crippen molar-refractivity contribution < 1.29 is 0 Å². The number of aryl methyl sites for hydroxylation is 1. The first-order valence-electron chi connectivity index (χ1n) is 6.45. The Hall–Kier alpha value is -2.61. The van der Waals surface area contributed by atoms with Crippen molar-refractivity contribution in [1.82, 2.24) is 15.3 Å². The van der Waals surface area contributed by atoms with Crippen molar-refractivity contribution in [2.45, 2.75) is 26.8 Å². The van der Waals surface area contributed by atoms with Crippen molar-refractivity contribution >= 4 is 12.0 Å². The Balaban J connectivity index is 2.29. The molecule has 0 aliphatic rings. The van der Waals surface area contributed by atoms with Crippen molar-refractivity contribution in [1.29, 1.82) is 5.26 Å². The van der Waals surface area contributed by atoms with E-state index in [2.05, 4.69) is 26.3 Å². The van der Waals surface area contributed by atoms with E-state index in [4.69, 9.17) is 0 Å². The van der Waals surface area contributed by atoms with E-state index in [0.717, 1.165) is 17.1 Å². The van der Waals surface area contributed by atoms with Crippen LogP contribution < -0.4 is 5.32 Å². The lowest BCUT2D eigenvalue weighted by Gasteiger charge is -2.04. The molecule has 0 saturated carbocycles. The highest BCUT2D eigenvalue weighted by Gasteiger charge is 2.06. The molecule has 2 N–H and O–H groups in total. The van der Waals surface area contributed by atoms with Gasteiger partial charge in [0.1, 0.15) is 11.9 Å². The number of hydrogen-bond donors (Lipinski definition) is 2. The summed E-state index contributed by atoms with van der Waals surface area (Å²) in [7, 11) is 0. The third-order valence-electron chi connectivity index (χ3n) is 2.73. The smallest absolute Gasteiger partial charge is 0.103 e. The summed E-state index contributed by atoms with van der Waals surface area (Å²) < 4.78 is 0. The van der Waals surface area contributed by atoms with Crippen molar-refractivity contribution in [3.05, 3.63) is 35.8 Å². The average Bonchev–Trinajstić information content (AvgIpc) is 2.85. The number of H-pyrrole nitrogens is 1. The zero-order valence-electron chi connectivity index (χ0n) is 11.8. The molecular weight excluding hydrogens is 250 g/mol. The molecule has 0 radical (unpaired) electrons. The van der Waals surface area contributed by atoms with Crippen LogP contribution in [0.5, 0.6) is 0 Å². The Morgan fingerprint density at radius 1 is 1.45 bits per heavy atom. The Kier molecular flexibility index (Phi) is 4.16. The van der Waals surface area contributed by atoms with Gasteiger partial charge in [-0.15, -0.1) is 0 Å². The van der Waals surface area contributed by atoms with Gasteiger partial charge in [0.05, 0.1) is 23.3 Å². The lowest BCUT2D eigenvalue weighted by atomic mass is 10.1. The van der Waals surface area contributed by atoms with Gasteiger partial charge in [0.25, 0.3) is 0 Å². The molecule has 0 spiro atoms. The first-order valence-corrected chi connectivity index (χ1v) is 6.45. The highest BCUT2D eigenvalue weighted by molar-refractivity contribution is 5.70. The van der Waals surface area contributed by atoms with Crippen molar-refractivity contribution in [3.8, 4) is 17.3 Å². The van der Waals surface area contributed by atoms with Crippen LogP contribution in [0.2, 0.25) is 0 Å². The predicted molar refractivity (Wildman–Crippen MR) is 79.9 cm³/mol. The number of hydrogen-bond acceptors (Lipinski definition) is 3. The van der Waals surface area contributed by atoms with E-state index in [0.29, 0.717) is 17.3 Å². The van der Waals surface area contributed by atoms with Gasteiger partial charge in [0.2, 0.25) is 0 Å². The van der Waals surface area contributed by atoms with Crippen LogP contribution >= 0.6 is 0 Å². The molecule has 0 fully saturated rings. The fraction of sp³-hybridized carbons (Fsp3) is 0.267. The summed E-state index contributed by atoms with van der Waals surface area (Å²) in [5.74, 6) is 0.849. The third kappa shape index (κ3) is 3.23. The zero-order valence-corrected chi connectivity index (χ0v) is 11.8. The minimum absolute atomic E-state index is 0.315. The SMILES string of the molecule is Cc1nc(-c2ccc(/N=C/NC(C)C)c(C#N)c2)c[nH]1. The Morgan fingerprint density at radius 2 is 2.25 bits per heavy atom. The van der Waals surface area contributed by atoms with Crippen molar-refractivity contribution in [3.63, 3.8) is 0 Å². The van der Waals surface area contributed by atoms with Crippen LogP contribution in [0.15, 0.2) is 29.4 Å². The molecular formula is C15H17N5. The summed E-state index contributed by atoms with van der Waals surface area (Å²) in [6, 6.07) is 8.03. The second kappa shape index (κ2) is 6.02. The maximum absolute atomic E-state index is 9.23. The van der Waals surface area contributed by atoms with E-state index in [-0.39, 0.29) is 0 Å². The maximum Gasteiger partial charge on any atom is 0.103 e. The van der Waals surface area contributed by atoms with Crippen LogP contribution in [-0.4, -0.2) is 22.3 Å². The molecule has 2 aromatic rings. The Labute approximate surface area is 118 Å². The first-order chi connectivity index (χ1) is 9.60. The largest absolute Gasteiger partial charge is 0.374 e. The van der Waals surface area contributed by atoms with Crippen LogP contribution in [-0.2, 0) is 0 Å². The van der Waals surface area contributed by atoms with E-state index in [1.54, 1.807) is 12.4 Å². The second-order valence-corrected chi connectivity index (χ2v) is 4.79. The van der Waals surface area contributed by atoms with E-state index in [9.17, 15) is 5.26 Å². The lowest BCUT2D eigenvalue weighted by Crippen LogP contribution is -2.20. The molecule has 1 heterocycles. The molecule has 5 heteroatoms. The number of nitriles is 1. The van der Waals surface area contributed by atoms with Crippen LogP contribution in [0.25, 0.3) is 11.3 Å². The molecule has 0 aliphatic heterocycles. The number of aromatic nitrogens is 2. The predicted octanol–water partition coefficient (Wildman–Crippen LogP) is 2.91. The topological polar surface area (TPSA) is 76.9 Å². The molecule has 0 unspecified atom stereocenters. The highest BCUT2D eigenvalue weighted by Crippen LogP contribution is 2.25. The van der Waals surface area contributed by atoms with Crippen LogP contribution in [0, 0.1) is 18.3 Å². The molecule has 20 heavy (non-hydrogen) atoms. The van der Waals surface area contributed by atoms with Crippen LogP contribution in [0.4, 0.5) is 5.69 Å². The molecule has 2 rings (SSSR count). The number of benzene rings is 1. The zero-order chi connectivity index (χ0) is 14.5. The van der Waals surface area contributed by atoms with Gasteiger partial charge in [-0.2, -0.15) is 5.26 Å². The summed E-state index contributed by atoms with van der Waals surface area (Å²) in [5, 5.41) is 12.3. The van der Waals surface area contributed by atoms with Crippen LogP contribution in [0.1, 0.15) is 25.2 Å². The highest BCUT2D eigenvalue weighted by atomic mass is 15.0. The Bertz CT molecular complexity index is 661. The first kappa shape index (κ1) is 13.8. The average molecular weight is 267 g/mol. The number of nitrogens with zero attached hydrogens (tertiary/aromatic N) is 3. The fourth-order valence-corrected chi connectivity index (χ4v) is 1.72. The van der Waals surface area contributed by atoms with E-state index >= 15 is 0 Å². The molecule has 0 aliphatic carbocycles. The van der Waals surface area contributed by atoms with Gasteiger partial charge in [-0.25, -0.2) is 9.98 Å². The van der Waals surface area contributed by atoms with Gasteiger partial charge in [0.15, 0.2) is 0 Å². The number of nitrogens with one attached hydrogen (secondary N) is 2. The minimum Gasteiger partial charge on any atom is -0.374 e. The second-order valence-electron chi connectivity index (χ2n) is 4.79. The standard InChI is InChI=1S/C15H17N5/c1-10(2)18-9-19-14-5-4-12(6-13(14)7-16)15-8-17-11(3)20-15/h4-6,8-10H,1-3H3,(H,17,20)(H,18,19). The molecule has 102 valence electrons. The number of aromatic amines is 1. The number of rotatable bonds is 4. The lowest BCUT2D eigenvalue weighted by molar-refractivity contribution is 0.744. The van der Waals surface area contributed by atoms with E-state index in [1.807, 2.05) is 39.1 Å². The molecule has 0 amide bonds. The fourth-order valence-electron chi connectivity index (χ4n) is 1.72. The number of aliphatic imine (C=N–C) groups is 1. The van der Waals surface area contributed by atoms with Gasteiger partial charge in [-0.05, 0) is 32.9 Å². The normalized spacial score (nSPS) is 10.9. The summed E-state index contributed by atoms with van der Waals surface area (Å²) in [4.78, 5) is 11.7. The molecule has 0 saturated heterocycles. The van der Waals surface area contributed by atoms with Gasteiger partial charge < -0.3 is 10.3 Å². The monoisotopic (exact) mass is 267 g/mol. The van der Waals surface area contributed by atoms with Crippen molar-refractivity contribution in [2.24, 2.45) is 4.99 Å². The summed E-state index contributed by atoms with van der Waals surface area (Å²) in [5.41, 5.74) is 2.91. The minimum atomic E-state index is 0.315. The molecule has 1 aromatic heterocycles. The van der Waals surface area contributed by atoms with Gasteiger partial charge in [-0.1, -0.05) is 6.07 Å². The van der Waals surface area contributed by atoms with Crippen molar-refractivity contribution in [2.75, 3.05) is 0 Å². The molecule has 1 aromatic carbocycles. The van der Waals surface area contributed by atoms with Gasteiger partial charge in [-0.3, -0.25) is 0 Å². The summed E-state index contributed by atoms with van der Waals surface area (Å²) in [6.45, 7) is 5.95. The van der Waals surface area contributed by atoms with Crippen LogP contribution in [0.3, 0.4) is 0 Å². The van der Waals surface area contributed by atoms with E-state index in [1.165, 1.54) is 0 Å². The number of imidazole rings is 1. The maximum atomic E-state index is 9.23. The summed E-state index contributed by atoms with van der Waals surface area (Å²) in [6.07, 6.45) is 3.45. The molecule has 0 atom stereocenters. The third-order valence-corrected chi connectivity index (χ3v) is 2.73. The molecule has 5 nitrogen and oxygen atoms in total. The summed E-state index contributed by atoms with van der Waals surface area (Å²) >= 11 is 0. The van der Waals surface area contributed by atoms with Gasteiger partial charge >= 0.3 is 0 Å². The van der Waals surface area contributed by atoms with E-state index < -0.39 is 0 Å². The Morgan fingerprint density at radius 3 is 2.85 bits per heavy atom. The molecule has 0 bridgehead atoms.